The molecule has 0 bridgehead atoms. The van der Waals surface area contributed by atoms with E-state index in [-0.39, 0.29) is 0 Å². The van der Waals surface area contributed by atoms with E-state index in [9.17, 15) is 0 Å². The summed E-state index contributed by atoms with van der Waals surface area (Å²) in [7, 11) is 0. The van der Waals surface area contributed by atoms with Crippen LogP contribution in [0.3, 0.4) is 0 Å². The lowest BCUT2D eigenvalue weighted by Crippen LogP contribution is -2.02. The van der Waals surface area contributed by atoms with Crippen molar-refractivity contribution in [3.8, 4) is 11.6 Å². The van der Waals surface area contributed by atoms with Crippen LogP contribution in [-0.4, -0.2) is 39.6 Å². The Morgan fingerprint density at radius 2 is 2.12 bits per heavy atom. The number of hydrogen-bond donors (Lipinski definition) is 1. The molecular weight excluding hydrogens is 320 g/mol. The number of nitrogens with one attached hydrogen (secondary N) is 1. The predicted octanol–water partition coefficient (Wildman–Crippen LogP) is 2.12. The average molecular weight is 334 g/mol. The van der Waals surface area contributed by atoms with Crippen molar-refractivity contribution < 1.29 is 4.42 Å². The number of nitrogens with zero attached hydrogens (tertiary/aromatic N) is 7. The molecule has 5 aromatic rings. The summed E-state index contributed by atoms with van der Waals surface area (Å²) in [6.45, 7) is 4.57. The van der Waals surface area contributed by atoms with Gasteiger partial charge in [-0.25, -0.2) is 14.5 Å². The normalized spacial score (nSPS) is 11.8. The maximum absolute atomic E-state index is 5.92. The molecule has 9 nitrogen and oxygen atoms in total. The first-order valence-electron chi connectivity index (χ1n) is 7.82. The van der Waals surface area contributed by atoms with Crippen LogP contribution in [0.15, 0.2) is 35.1 Å². The molecule has 0 aromatic carbocycles. The Bertz CT molecular complexity index is 1210. The zero-order valence-corrected chi connectivity index (χ0v) is 13.6. The summed E-state index contributed by atoms with van der Waals surface area (Å²) in [6, 6.07) is 5.83. The van der Waals surface area contributed by atoms with Crippen molar-refractivity contribution in [2.24, 2.45) is 0 Å². The Kier molecular flexibility index (Phi) is 2.78. The summed E-state index contributed by atoms with van der Waals surface area (Å²) in [5.41, 5.74) is 3.44. The number of fused-ring (bicyclic) bond motifs is 3. The molecule has 0 saturated carbocycles. The van der Waals surface area contributed by atoms with Gasteiger partial charge in [-0.1, -0.05) is 0 Å². The molecule has 0 spiro atoms. The van der Waals surface area contributed by atoms with Gasteiger partial charge in [0.25, 0.3) is 0 Å². The third kappa shape index (κ3) is 2.20. The summed E-state index contributed by atoms with van der Waals surface area (Å²) >= 11 is 0. The largest absolute Gasteiger partial charge is 0.456 e. The van der Waals surface area contributed by atoms with Crippen molar-refractivity contribution in [2.45, 2.75) is 20.4 Å². The summed E-state index contributed by atoms with van der Waals surface area (Å²) in [5, 5.41) is 16.5. The molecule has 0 aliphatic carbocycles. The van der Waals surface area contributed by atoms with E-state index >= 15 is 0 Å². The van der Waals surface area contributed by atoms with E-state index < -0.39 is 0 Å². The van der Waals surface area contributed by atoms with Crippen LogP contribution in [0.1, 0.15) is 17.1 Å². The quantitative estimate of drug-likeness (QED) is 0.542. The third-order valence-electron chi connectivity index (χ3n) is 4.08. The van der Waals surface area contributed by atoms with Crippen molar-refractivity contribution in [1.29, 1.82) is 0 Å². The van der Waals surface area contributed by atoms with Crippen LogP contribution in [0, 0.1) is 13.8 Å². The number of aryl methyl sites for hydroxylation is 2. The van der Waals surface area contributed by atoms with Gasteiger partial charge in [0.05, 0.1) is 23.8 Å². The molecule has 124 valence electrons. The fourth-order valence-electron chi connectivity index (χ4n) is 2.91. The highest BCUT2D eigenvalue weighted by Gasteiger charge is 2.14. The molecule has 1 N–H and O–H groups in total. The molecule has 0 aliphatic rings. The molecule has 0 saturated heterocycles. The second-order valence-corrected chi connectivity index (χ2v) is 5.93. The SMILES string of the molecule is Cc1cc(C)n(Cc2ccc(-c3nc4c5cn[nH]c5ncn4n3)o2)n1. The molecule has 25 heavy (non-hydrogen) atoms. The van der Waals surface area contributed by atoms with Gasteiger partial charge in [-0.15, -0.1) is 5.10 Å². The van der Waals surface area contributed by atoms with Crippen molar-refractivity contribution in [2.75, 3.05) is 0 Å². The van der Waals surface area contributed by atoms with Crippen molar-refractivity contribution >= 4 is 16.7 Å². The Labute approximate surface area is 141 Å². The van der Waals surface area contributed by atoms with Gasteiger partial charge < -0.3 is 4.42 Å². The second-order valence-electron chi connectivity index (χ2n) is 5.93. The van der Waals surface area contributed by atoms with Gasteiger partial charge in [0.15, 0.2) is 17.1 Å². The van der Waals surface area contributed by atoms with Crippen molar-refractivity contribution in [3.63, 3.8) is 0 Å². The fourth-order valence-corrected chi connectivity index (χ4v) is 2.91. The van der Waals surface area contributed by atoms with Gasteiger partial charge in [-0.3, -0.25) is 9.78 Å². The maximum atomic E-state index is 5.92. The van der Waals surface area contributed by atoms with Crippen LogP contribution in [0.4, 0.5) is 0 Å². The zero-order chi connectivity index (χ0) is 17.0. The van der Waals surface area contributed by atoms with Crippen LogP contribution in [0.25, 0.3) is 28.3 Å². The minimum atomic E-state index is 0.509. The van der Waals surface area contributed by atoms with E-state index in [2.05, 4.69) is 30.4 Å². The smallest absolute Gasteiger partial charge is 0.217 e. The lowest BCUT2D eigenvalue weighted by molar-refractivity contribution is 0.483. The van der Waals surface area contributed by atoms with Crippen LogP contribution in [0.5, 0.6) is 0 Å². The first kappa shape index (κ1) is 13.9. The molecule has 5 rings (SSSR count). The summed E-state index contributed by atoms with van der Waals surface area (Å²) < 4.78 is 9.45. The lowest BCUT2D eigenvalue weighted by Gasteiger charge is -2.00. The first-order valence-corrected chi connectivity index (χ1v) is 7.82. The van der Waals surface area contributed by atoms with E-state index in [0.29, 0.717) is 29.4 Å². The highest BCUT2D eigenvalue weighted by Crippen LogP contribution is 2.22. The Hall–Kier alpha value is -3.49. The van der Waals surface area contributed by atoms with Crippen LogP contribution < -0.4 is 0 Å². The van der Waals surface area contributed by atoms with Crippen molar-refractivity contribution in [1.82, 2.24) is 39.6 Å². The number of aromatic nitrogens is 8. The monoisotopic (exact) mass is 334 g/mol. The van der Waals surface area contributed by atoms with E-state index in [0.717, 1.165) is 22.5 Å². The average Bonchev–Trinajstić information content (AvgIpc) is 3.33. The van der Waals surface area contributed by atoms with Crippen LogP contribution in [-0.2, 0) is 6.54 Å². The molecule has 0 atom stereocenters. The van der Waals surface area contributed by atoms with Gasteiger partial charge in [-0.05, 0) is 32.0 Å². The van der Waals surface area contributed by atoms with E-state index in [1.807, 2.05) is 36.7 Å². The van der Waals surface area contributed by atoms with Gasteiger partial charge in [-0.2, -0.15) is 10.2 Å². The van der Waals surface area contributed by atoms with E-state index in [4.69, 9.17) is 4.42 Å². The molecule has 9 heteroatoms. The predicted molar refractivity (Wildman–Crippen MR) is 88.9 cm³/mol. The number of hydrogen-bond acceptors (Lipinski definition) is 6. The summed E-state index contributed by atoms with van der Waals surface area (Å²) in [6.07, 6.45) is 3.29. The van der Waals surface area contributed by atoms with E-state index in [1.54, 1.807) is 17.0 Å². The number of H-pyrrole nitrogens is 1. The summed E-state index contributed by atoms with van der Waals surface area (Å²) in [4.78, 5) is 8.81. The Morgan fingerprint density at radius 1 is 1.20 bits per heavy atom. The van der Waals surface area contributed by atoms with Gasteiger partial charge in [0.1, 0.15) is 12.1 Å². The molecule has 5 aromatic heterocycles. The fraction of sp³-hybridized carbons (Fsp3) is 0.188. The summed E-state index contributed by atoms with van der Waals surface area (Å²) in [5.74, 6) is 1.92. The number of rotatable bonds is 3. The number of aromatic amines is 1. The Balaban J connectivity index is 1.52. The van der Waals surface area contributed by atoms with Crippen LogP contribution in [0.2, 0.25) is 0 Å². The highest BCUT2D eigenvalue weighted by atomic mass is 16.3. The van der Waals surface area contributed by atoms with Crippen molar-refractivity contribution in [3.05, 3.63) is 47.9 Å². The third-order valence-corrected chi connectivity index (χ3v) is 4.08. The lowest BCUT2D eigenvalue weighted by atomic mass is 10.4. The minimum Gasteiger partial charge on any atom is -0.456 e. The first-order chi connectivity index (χ1) is 12.2. The van der Waals surface area contributed by atoms with Gasteiger partial charge in [0.2, 0.25) is 5.82 Å². The highest BCUT2D eigenvalue weighted by molar-refractivity contribution is 5.88. The molecule has 0 fully saturated rings. The van der Waals surface area contributed by atoms with Gasteiger partial charge in [0, 0.05) is 5.69 Å². The topological polar surface area (TPSA) is 103 Å². The standard InChI is InChI=1S/C16H14N8O/c1-9-5-10(2)23(21-9)7-11-3-4-13(25-11)15-19-16-12-6-18-20-14(12)17-8-24(16)22-15/h3-6,8H,7H2,1-2H3,(H,18,20). The molecular formula is C16H14N8O. The molecule has 0 amide bonds. The molecule has 0 aliphatic heterocycles. The molecule has 0 radical (unpaired) electrons. The van der Waals surface area contributed by atoms with Crippen LogP contribution >= 0.6 is 0 Å². The molecule has 0 unspecified atom stereocenters. The zero-order valence-electron chi connectivity index (χ0n) is 13.6. The van der Waals surface area contributed by atoms with Gasteiger partial charge >= 0.3 is 0 Å². The maximum Gasteiger partial charge on any atom is 0.217 e. The minimum absolute atomic E-state index is 0.509. The second kappa shape index (κ2) is 5.00. The Morgan fingerprint density at radius 3 is 2.96 bits per heavy atom. The number of furan rings is 1. The van der Waals surface area contributed by atoms with E-state index in [1.165, 1.54) is 0 Å². The molecule has 5 heterocycles.